The maximum Gasteiger partial charge on any atom is 0.119 e. The van der Waals surface area contributed by atoms with E-state index in [1.165, 1.54) is 5.56 Å². The molecule has 0 spiro atoms. The lowest BCUT2D eigenvalue weighted by Gasteiger charge is -2.02. The van der Waals surface area contributed by atoms with Gasteiger partial charge in [0.2, 0.25) is 0 Å². The molecule has 0 saturated heterocycles. The van der Waals surface area contributed by atoms with Gasteiger partial charge in [-0.1, -0.05) is 12.1 Å². The van der Waals surface area contributed by atoms with Gasteiger partial charge in [0.25, 0.3) is 0 Å². The SMILES string of the molecule is COc1cccc([C@@H]2C[C@H]2CO)c1. The van der Waals surface area contributed by atoms with Gasteiger partial charge in [0.1, 0.15) is 5.75 Å². The van der Waals surface area contributed by atoms with Gasteiger partial charge >= 0.3 is 0 Å². The lowest BCUT2D eigenvalue weighted by atomic mass is 10.1. The first-order valence-electron chi connectivity index (χ1n) is 4.60. The van der Waals surface area contributed by atoms with Gasteiger partial charge in [-0.05, 0) is 36.0 Å². The molecule has 0 aromatic heterocycles. The molecule has 1 N–H and O–H groups in total. The van der Waals surface area contributed by atoms with Gasteiger partial charge in [-0.15, -0.1) is 0 Å². The first kappa shape index (κ1) is 8.57. The molecule has 1 aromatic carbocycles. The number of rotatable bonds is 3. The van der Waals surface area contributed by atoms with Crippen molar-refractivity contribution in [2.45, 2.75) is 12.3 Å². The molecule has 1 aromatic rings. The summed E-state index contributed by atoms with van der Waals surface area (Å²) in [5, 5.41) is 8.93. The Kier molecular flexibility index (Phi) is 2.23. The summed E-state index contributed by atoms with van der Waals surface area (Å²) in [5.41, 5.74) is 1.29. The highest BCUT2D eigenvalue weighted by Gasteiger charge is 2.37. The molecule has 0 radical (unpaired) electrons. The maximum absolute atomic E-state index is 8.93. The molecular formula is C11H14O2. The standard InChI is InChI=1S/C11H14O2/c1-13-10-4-2-3-8(5-10)11-6-9(11)7-12/h2-5,9,11-12H,6-7H2,1H3/t9-,11-/m0/s1. The fraction of sp³-hybridized carbons (Fsp3) is 0.455. The molecule has 1 aliphatic carbocycles. The Morgan fingerprint density at radius 2 is 2.38 bits per heavy atom. The molecule has 2 nitrogen and oxygen atoms in total. The molecule has 2 rings (SSSR count). The first-order chi connectivity index (χ1) is 6.35. The van der Waals surface area contributed by atoms with E-state index in [0.29, 0.717) is 18.4 Å². The van der Waals surface area contributed by atoms with E-state index in [-0.39, 0.29) is 0 Å². The third-order valence-corrected chi connectivity index (χ3v) is 2.68. The quantitative estimate of drug-likeness (QED) is 0.764. The minimum Gasteiger partial charge on any atom is -0.497 e. The molecule has 2 heteroatoms. The van der Waals surface area contributed by atoms with Crippen molar-refractivity contribution >= 4 is 0 Å². The third-order valence-electron chi connectivity index (χ3n) is 2.68. The fourth-order valence-electron chi connectivity index (χ4n) is 1.73. The van der Waals surface area contributed by atoms with Crippen LogP contribution in [0.5, 0.6) is 5.75 Å². The average molecular weight is 178 g/mol. The van der Waals surface area contributed by atoms with Crippen LogP contribution in [-0.4, -0.2) is 18.8 Å². The van der Waals surface area contributed by atoms with Crippen molar-refractivity contribution in [1.29, 1.82) is 0 Å². The highest BCUT2D eigenvalue weighted by Crippen LogP contribution is 2.47. The molecule has 1 aliphatic rings. The number of hydrogen-bond acceptors (Lipinski definition) is 2. The Bertz CT molecular complexity index is 296. The van der Waals surface area contributed by atoms with Crippen molar-refractivity contribution < 1.29 is 9.84 Å². The van der Waals surface area contributed by atoms with Crippen LogP contribution in [0.4, 0.5) is 0 Å². The predicted molar refractivity (Wildman–Crippen MR) is 50.9 cm³/mol. The van der Waals surface area contributed by atoms with Gasteiger partial charge in [0.15, 0.2) is 0 Å². The number of methoxy groups -OCH3 is 1. The van der Waals surface area contributed by atoms with Crippen molar-refractivity contribution in [3.63, 3.8) is 0 Å². The number of aliphatic hydroxyl groups is 1. The third kappa shape index (κ3) is 1.68. The van der Waals surface area contributed by atoms with Crippen LogP contribution in [-0.2, 0) is 0 Å². The molecule has 0 amide bonds. The van der Waals surface area contributed by atoms with Gasteiger partial charge in [-0.3, -0.25) is 0 Å². The van der Waals surface area contributed by atoms with Crippen LogP contribution in [0.3, 0.4) is 0 Å². The second-order valence-electron chi connectivity index (χ2n) is 3.56. The van der Waals surface area contributed by atoms with Gasteiger partial charge < -0.3 is 9.84 Å². The van der Waals surface area contributed by atoms with Crippen molar-refractivity contribution in [3.05, 3.63) is 29.8 Å². The lowest BCUT2D eigenvalue weighted by Crippen LogP contribution is -1.89. The normalized spacial score (nSPS) is 25.7. The summed E-state index contributed by atoms with van der Waals surface area (Å²) in [6, 6.07) is 8.10. The average Bonchev–Trinajstić information content (AvgIpc) is 2.97. The van der Waals surface area contributed by atoms with Gasteiger partial charge in [-0.25, -0.2) is 0 Å². The number of benzene rings is 1. The minimum atomic E-state index is 0.307. The van der Waals surface area contributed by atoms with E-state index in [2.05, 4.69) is 12.1 Å². The largest absolute Gasteiger partial charge is 0.497 e. The molecule has 0 aliphatic heterocycles. The molecule has 0 bridgehead atoms. The van der Waals surface area contributed by atoms with Crippen LogP contribution in [0.15, 0.2) is 24.3 Å². The number of aliphatic hydroxyl groups excluding tert-OH is 1. The van der Waals surface area contributed by atoms with Gasteiger partial charge in [0, 0.05) is 6.61 Å². The summed E-state index contributed by atoms with van der Waals surface area (Å²) in [5.74, 6) is 1.94. The smallest absolute Gasteiger partial charge is 0.119 e. The highest BCUT2D eigenvalue weighted by molar-refractivity contribution is 5.33. The summed E-state index contributed by atoms with van der Waals surface area (Å²) in [7, 11) is 1.68. The Balaban J connectivity index is 2.13. The summed E-state index contributed by atoms with van der Waals surface area (Å²) >= 11 is 0. The van der Waals surface area contributed by atoms with Crippen LogP contribution < -0.4 is 4.74 Å². The van der Waals surface area contributed by atoms with Crippen LogP contribution >= 0.6 is 0 Å². The maximum atomic E-state index is 8.93. The van der Waals surface area contributed by atoms with E-state index in [1.54, 1.807) is 7.11 Å². The summed E-state index contributed by atoms with van der Waals surface area (Å²) in [4.78, 5) is 0. The second-order valence-corrected chi connectivity index (χ2v) is 3.56. The van der Waals surface area contributed by atoms with Crippen molar-refractivity contribution in [3.8, 4) is 5.75 Å². The van der Waals surface area contributed by atoms with Crippen molar-refractivity contribution in [1.82, 2.24) is 0 Å². The zero-order valence-corrected chi connectivity index (χ0v) is 7.73. The van der Waals surface area contributed by atoms with Gasteiger partial charge in [-0.2, -0.15) is 0 Å². The Morgan fingerprint density at radius 1 is 1.54 bits per heavy atom. The second kappa shape index (κ2) is 3.38. The Labute approximate surface area is 78.2 Å². The number of hydrogen-bond donors (Lipinski definition) is 1. The first-order valence-corrected chi connectivity index (χ1v) is 4.60. The van der Waals surface area contributed by atoms with Crippen LogP contribution in [0.2, 0.25) is 0 Å². The van der Waals surface area contributed by atoms with E-state index in [1.807, 2.05) is 12.1 Å². The Morgan fingerprint density at radius 3 is 3.00 bits per heavy atom. The van der Waals surface area contributed by atoms with Gasteiger partial charge in [0.05, 0.1) is 7.11 Å². The van der Waals surface area contributed by atoms with E-state index < -0.39 is 0 Å². The van der Waals surface area contributed by atoms with Crippen molar-refractivity contribution in [2.75, 3.05) is 13.7 Å². The Hall–Kier alpha value is -1.02. The lowest BCUT2D eigenvalue weighted by molar-refractivity contribution is 0.274. The van der Waals surface area contributed by atoms with Crippen LogP contribution in [0, 0.1) is 5.92 Å². The highest BCUT2D eigenvalue weighted by atomic mass is 16.5. The zero-order valence-electron chi connectivity index (χ0n) is 7.73. The fourth-order valence-corrected chi connectivity index (χ4v) is 1.73. The molecule has 70 valence electrons. The van der Waals surface area contributed by atoms with E-state index in [4.69, 9.17) is 9.84 Å². The summed E-state index contributed by atoms with van der Waals surface area (Å²) < 4.78 is 5.14. The molecule has 2 atom stereocenters. The van der Waals surface area contributed by atoms with Crippen LogP contribution in [0.1, 0.15) is 17.9 Å². The molecule has 1 fully saturated rings. The monoisotopic (exact) mass is 178 g/mol. The van der Waals surface area contributed by atoms with E-state index >= 15 is 0 Å². The number of ether oxygens (including phenoxy) is 1. The molecule has 1 saturated carbocycles. The van der Waals surface area contributed by atoms with E-state index in [0.717, 1.165) is 12.2 Å². The zero-order chi connectivity index (χ0) is 9.26. The predicted octanol–water partition coefficient (Wildman–Crippen LogP) is 1.79. The van der Waals surface area contributed by atoms with Crippen molar-refractivity contribution in [2.24, 2.45) is 5.92 Å². The minimum absolute atomic E-state index is 0.307. The topological polar surface area (TPSA) is 29.5 Å². The summed E-state index contributed by atoms with van der Waals surface area (Å²) in [6.07, 6.45) is 1.11. The summed E-state index contributed by atoms with van der Waals surface area (Å²) in [6.45, 7) is 0.307. The molecule has 13 heavy (non-hydrogen) atoms. The molecule has 0 heterocycles. The van der Waals surface area contributed by atoms with Crippen LogP contribution in [0.25, 0.3) is 0 Å². The molecule has 0 unspecified atom stereocenters. The molecular weight excluding hydrogens is 164 g/mol. The van der Waals surface area contributed by atoms with E-state index in [9.17, 15) is 0 Å².